The first-order valence-corrected chi connectivity index (χ1v) is 8.89. The molecule has 0 aliphatic heterocycles. The fraction of sp³-hybridized carbons (Fsp3) is 0.412. The van der Waals surface area contributed by atoms with E-state index in [1.165, 1.54) is 0 Å². The van der Waals surface area contributed by atoms with E-state index in [1.54, 1.807) is 23.9 Å². The lowest BCUT2D eigenvalue weighted by atomic mass is 9.92. The van der Waals surface area contributed by atoms with Crippen molar-refractivity contribution >= 4 is 46.7 Å². The molecule has 1 N–H and O–H groups in total. The van der Waals surface area contributed by atoms with Crippen LogP contribution in [-0.2, 0) is 10.2 Å². The van der Waals surface area contributed by atoms with Crippen LogP contribution < -0.4 is 10.1 Å². The van der Waals surface area contributed by atoms with Crippen LogP contribution in [0.1, 0.15) is 26.5 Å². The van der Waals surface area contributed by atoms with Crippen LogP contribution in [-0.4, -0.2) is 33.4 Å². The molecule has 1 amide bonds. The summed E-state index contributed by atoms with van der Waals surface area (Å²) in [5.74, 6) is 1.02. The van der Waals surface area contributed by atoms with Gasteiger partial charge in [-0.1, -0.05) is 67.7 Å². The molecular weight excluding hydrogens is 401 g/mol. The Morgan fingerprint density at radius 2 is 1.88 bits per heavy atom. The predicted molar refractivity (Wildman–Crippen MR) is 104 cm³/mol. The highest BCUT2D eigenvalue weighted by molar-refractivity contribution is 6.67. The lowest BCUT2D eigenvalue weighted by Gasteiger charge is -2.15. The van der Waals surface area contributed by atoms with Crippen LogP contribution in [0.25, 0.3) is 5.69 Å². The molecule has 0 atom stereocenters. The third kappa shape index (κ3) is 5.43. The van der Waals surface area contributed by atoms with Crippen molar-refractivity contribution in [3.05, 3.63) is 36.0 Å². The number of benzene rings is 1. The maximum Gasteiger partial charge on any atom is 0.412 e. The van der Waals surface area contributed by atoms with Crippen molar-refractivity contribution in [1.29, 1.82) is 0 Å². The fourth-order valence-electron chi connectivity index (χ4n) is 2.11. The second-order valence-electron chi connectivity index (χ2n) is 6.56. The Bertz CT molecular complexity index is 780. The number of nitrogens with zero attached hydrogens (tertiary/aromatic N) is 2. The van der Waals surface area contributed by atoms with Gasteiger partial charge in [0.25, 0.3) is 0 Å². The summed E-state index contributed by atoms with van der Waals surface area (Å²) in [5.41, 5.74) is 1.22. The van der Waals surface area contributed by atoms with Gasteiger partial charge in [-0.25, -0.2) is 9.48 Å². The van der Waals surface area contributed by atoms with Gasteiger partial charge in [-0.3, -0.25) is 5.32 Å². The third-order valence-electron chi connectivity index (χ3n) is 3.39. The summed E-state index contributed by atoms with van der Waals surface area (Å²) in [7, 11) is 1.56. The van der Waals surface area contributed by atoms with Gasteiger partial charge in [0.05, 0.1) is 12.8 Å². The summed E-state index contributed by atoms with van der Waals surface area (Å²) in [6.07, 6.45) is -0.757. The van der Waals surface area contributed by atoms with E-state index in [2.05, 4.69) is 10.4 Å². The summed E-state index contributed by atoms with van der Waals surface area (Å²) in [6, 6.07) is 9.10. The summed E-state index contributed by atoms with van der Waals surface area (Å²) < 4.78 is 10.2. The van der Waals surface area contributed by atoms with Crippen molar-refractivity contribution < 1.29 is 14.3 Å². The van der Waals surface area contributed by atoms with Crippen LogP contribution in [0.2, 0.25) is 0 Å². The molecule has 1 heterocycles. The first-order valence-electron chi connectivity index (χ1n) is 7.76. The monoisotopic (exact) mass is 419 g/mol. The average Bonchev–Trinajstić information content (AvgIpc) is 2.96. The number of hydrogen-bond acceptors (Lipinski definition) is 4. The normalized spacial score (nSPS) is 12.0. The molecule has 0 aliphatic rings. The molecule has 2 aromatic rings. The lowest BCUT2D eigenvalue weighted by molar-refractivity contribution is 0.163. The van der Waals surface area contributed by atoms with Gasteiger partial charge in [0, 0.05) is 11.5 Å². The maximum absolute atomic E-state index is 12.1. The Hall–Kier alpha value is -1.63. The third-order valence-corrected chi connectivity index (χ3v) is 3.72. The largest absolute Gasteiger partial charge is 0.494 e. The quantitative estimate of drug-likeness (QED) is 0.699. The fourth-order valence-corrected chi connectivity index (χ4v) is 2.28. The van der Waals surface area contributed by atoms with Gasteiger partial charge in [0.2, 0.25) is 3.79 Å². The number of rotatable bonds is 4. The summed E-state index contributed by atoms with van der Waals surface area (Å²) in [5, 5.41) is 7.24. The van der Waals surface area contributed by atoms with Gasteiger partial charge >= 0.3 is 6.09 Å². The number of methoxy groups -OCH3 is 1. The van der Waals surface area contributed by atoms with Crippen LogP contribution in [0.4, 0.5) is 10.6 Å². The highest BCUT2D eigenvalue weighted by Crippen LogP contribution is 2.30. The smallest absolute Gasteiger partial charge is 0.412 e. The Labute approximate surface area is 167 Å². The molecule has 0 aliphatic carbocycles. The predicted octanol–water partition coefficient (Wildman–Crippen LogP) is 5.10. The van der Waals surface area contributed by atoms with Crippen molar-refractivity contribution in [3.63, 3.8) is 0 Å². The molecule has 0 radical (unpaired) electrons. The number of halogens is 3. The van der Waals surface area contributed by atoms with Crippen LogP contribution in [0.5, 0.6) is 5.75 Å². The minimum Gasteiger partial charge on any atom is -0.494 e. The number of hydrogen-bond donors (Lipinski definition) is 1. The summed E-state index contributed by atoms with van der Waals surface area (Å²) in [4.78, 5) is 12.1. The number of anilines is 1. The Morgan fingerprint density at radius 1 is 1.23 bits per heavy atom. The van der Waals surface area contributed by atoms with E-state index < -0.39 is 9.89 Å². The first kappa shape index (κ1) is 20.7. The van der Waals surface area contributed by atoms with Crippen molar-refractivity contribution in [2.75, 3.05) is 19.0 Å². The lowest BCUT2D eigenvalue weighted by Crippen LogP contribution is -2.22. The van der Waals surface area contributed by atoms with Crippen LogP contribution >= 0.6 is 34.8 Å². The molecule has 0 saturated carbocycles. The zero-order chi connectivity index (χ0) is 19.5. The number of carbonyl (C=O) groups is 1. The first-order chi connectivity index (χ1) is 12.0. The van der Waals surface area contributed by atoms with Crippen LogP contribution in [0.15, 0.2) is 30.3 Å². The van der Waals surface area contributed by atoms with Crippen LogP contribution in [0, 0.1) is 0 Å². The molecular formula is C17H20Cl3N3O3. The molecule has 6 nitrogen and oxygen atoms in total. The number of nitrogens with one attached hydrogen (secondary N) is 1. The second-order valence-corrected chi connectivity index (χ2v) is 9.08. The molecule has 9 heteroatoms. The number of carbonyl (C=O) groups excluding carboxylic acids is 1. The molecule has 0 unspecified atom stereocenters. The highest BCUT2D eigenvalue weighted by Gasteiger charge is 2.25. The highest BCUT2D eigenvalue weighted by atomic mass is 35.6. The van der Waals surface area contributed by atoms with E-state index in [0.717, 1.165) is 5.69 Å². The van der Waals surface area contributed by atoms with Gasteiger partial charge in [-0.15, -0.1) is 0 Å². The van der Waals surface area contributed by atoms with Crippen molar-refractivity contribution in [2.45, 2.75) is 30.0 Å². The molecule has 1 aromatic heterocycles. The minimum atomic E-state index is -1.68. The maximum atomic E-state index is 12.1. The molecule has 1 aromatic carbocycles. The number of ether oxygens (including phenoxy) is 2. The van der Waals surface area contributed by atoms with E-state index in [-0.39, 0.29) is 12.0 Å². The SMILES string of the molecule is COc1ccccc1-n1nc(C(C)(C)C)cc1NC(=O)OCC(Cl)(Cl)Cl. The van der Waals surface area contributed by atoms with Gasteiger partial charge in [-0.2, -0.15) is 5.10 Å². The van der Waals surface area contributed by atoms with Crippen molar-refractivity contribution in [3.8, 4) is 11.4 Å². The van der Waals surface area contributed by atoms with E-state index in [9.17, 15) is 4.79 Å². The Kier molecular flexibility index (Phi) is 6.32. The number of amides is 1. The Morgan fingerprint density at radius 3 is 2.46 bits per heavy atom. The average molecular weight is 421 g/mol. The van der Waals surface area contributed by atoms with E-state index in [1.807, 2.05) is 39.0 Å². The van der Waals surface area contributed by atoms with Crippen molar-refractivity contribution in [2.24, 2.45) is 0 Å². The molecule has 26 heavy (non-hydrogen) atoms. The van der Waals surface area contributed by atoms with Gasteiger partial charge in [0.1, 0.15) is 23.9 Å². The second kappa shape index (κ2) is 7.94. The summed E-state index contributed by atoms with van der Waals surface area (Å²) in [6.45, 7) is 5.69. The molecule has 2 rings (SSSR count). The number of para-hydroxylation sites is 2. The number of aromatic nitrogens is 2. The van der Waals surface area contributed by atoms with E-state index >= 15 is 0 Å². The molecule has 0 bridgehead atoms. The number of alkyl halides is 3. The molecule has 0 spiro atoms. The standard InChI is InChI=1S/C17H20Cl3N3O3/c1-16(2,3)13-9-14(21-15(24)26-10-17(18,19)20)23(22-13)11-7-5-6-8-12(11)25-4/h5-9H,10H2,1-4H3,(H,21,24). The zero-order valence-electron chi connectivity index (χ0n) is 14.8. The molecule has 0 fully saturated rings. The van der Waals surface area contributed by atoms with Crippen molar-refractivity contribution in [1.82, 2.24) is 9.78 Å². The topological polar surface area (TPSA) is 65.4 Å². The van der Waals surface area contributed by atoms with Crippen LogP contribution in [0.3, 0.4) is 0 Å². The molecule has 0 saturated heterocycles. The van der Waals surface area contributed by atoms with E-state index in [0.29, 0.717) is 17.3 Å². The van der Waals surface area contributed by atoms with Gasteiger partial charge in [0.15, 0.2) is 0 Å². The molecule has 142 valence electrons. The van der Waals surface area contributed by atoms with Gasteiger partial charge < -0.3 is 9.47 Å². The minimum absolute atomic E-state index is 0.231. The summed E-state index contributed by atoms with van der Waals surface area (Å²) >= 11 is 16.8. The van der Waals surface area contributed by atoms with Gasteiger partial charge in [-0.05, 0) is 12.1 Å². The Balaban J connectivity index is 2.38. The van der Waals surface area contributed by atoms with E-state index in [4.69, 9.17) is 44.3 Å². The zero-order valence-corrected chi connectivity index (χ0v) is 17.1.